The van der Waals surface area contributed by atoms with Crippen molar-refractivity contribution in [3.63, 3.8) is 0 Å². The molecule has 1 amide bonds. The molecule has 0 aliphatic heterocycles. The summed E-state index contributed by atoms with van der Waals surface area (Å²) in [5, 5.41) is 4.60. The number of ether oxygens (including phenoxy) is 2. The van der Waals surface area contributed by atoms with Crippen LogP contribution in [0.25, 0.3) is 21.9 Å². The maximum Gasteiger partial charge on any atom is 0.307 e. The normalized spacial score (nSPS) is 12.1. The van der Waals surface area contributed by atoms with Gasteiger partial charge in [0.25, 0.3) is 5.91 Å². The predicted octanol–water partition coefficient (Wildman–Crippen LogP) is 4.69. The summed E-state index contributed by atoms with van der Waals surface area (Å²) < 4.78 is 21.7. The minimum absolute atomic E-state index is 0.124. The van der Waals surface area contributed by atoms with E-state index in [2.05, 4.69) is 5.32 Å². The number of fused-ring (bicyclic) bond motifs is 3. The van der Waals surface area contributed by atoms with Crippen LogP contribution >= 0.6 is 0 Å². The number of nitrogens with one attached hydrogen (secondary N) is 1. The molecule has 4 rings (SSSR count). The highest BCUT2D eigenvalue weighted by atomic mass is 16.5. The summed E-state index contributed by atoms with van der Waals surface area (Å²) in [6, 6.07) is 14.7. The van der Waals surface area contributed by atoms with E-state index >= 15 is 0 Å². The summed E-state index contributed by atoms with van der Waals surface area (Å²) in [5.74, 6) is 0.232. The smallest absolute Gasteiger partial charge is 0.307 e. The lowest BCUT2D eigenvalue weighted by Gasteiger charge is -2.15. The third-order valence-electron chi connectivity index (χ3n) is 4.79. The highest BCUT2D eigenvalue weighted by Crippen LogP contribution is 2.36. The van der Waals surface area contributed by atoms with Gasteiger partial charge >= 0.3 is 5.97 Å². The molecule has 0 fully saturated rings. The minimum Gasteiger partial charge on any atom is -0.495 e. The van der Waals surface area contributed by atoms with Gasteiger partial charge in [0.05, 0.1) is 25.5 Å². The van der Waals surface area contributed by atoms with E-state index in [9.17, 15) is 9.59 Å². The number of esters is 1. The molecular weight excluding hydrogens is 386 g/mol. The zero-order valence-electron chi connectivity index (χ0n) is 16.6. The van der Waals surface area contributed by atoms with E-state index in [4.69, 9.17) is 18.3 Å². The molecule has 0 radical (unpaired) electrons. The maximum absolute atomic E-state index is 12.6. The molecule has 0 bridgehead atoms. The molecule has 0 aliphatic rings. The zero-order valence-corrected chi connectivity index (χ0v) is 16.6. The number of furan rings is 2. The first-order valence-corrected chi connectivity index (χ1v) is 9.57. The largest absolute Gasteiger partial charge is 0.495 e. The first kappa shape index (κ1) is 19.6. The number of para-hydroxylation sites is 1. The lowest BCUT2D eigenvalue weighted by molar-refractivity contribution is -0.153. The molecule has 7 heteroatoms. The summed E-state index contributed by atoms with van der Waals surface area (Å²) >= 11 is 0. The molecule has 154 valence electrons. The first-order valence-electron chi connectivity index (χ1n) is 9.57. The quantitative estimate of drug-likeness (QED) is 0.447. The van der Waals surface area contributed by atoms with Crippen LogP contribution in [0.15, 0.2) is 63.6 Å². The van der Waals surface area contributed by atoms with Gasteiger partial charge in [-0.3, -0.25) is 9.59 Å². The van der Waals surface area contributed by atoms with Gasteiger partial charge in [0, 0.05) is 23.3 Å². The van der Waals surface area contributed by atoms with Gasteiger partial charge in [-0.05, 0) is 31.2 Å². The van der Waals surface area contributed by atoms with Gasteiger partial charge in [0.1, 0.15) is 22.7 Å². The van der Waals surface area contributed by atoms with Crippen molar-refractivity contribution in [2.75, 3.05) is 12.4 Å². The molecule has 2 heterocycles. The fourth-order valence-electron chi connectivity index (χ4n) is 3.24. The summed E-state index contributed by atoms with van der Waals surface area (Å²) in [6.45, 7) is 1.52. The van der Waals surface area contributed by atoms with Gasteiger partial charge in [0.2, 0.25) is 0 Å². The number of rotatable bonds is 7. The van der Waals surface area contributed by atoms with Gasteiger partial charge in [-0.15, -0.1) is 0 Å². The molecule has 2 aromatic heterocycles. The summed E-state index contributed by atoms with van der Waals surface area (Å²) in [6.07, 6.45) is 1.11. The fourth-order valence-corrected chi connectivity index (χ4v) is 3.24. The van der Waals surface area contributed by atoms with Crippen molar-refractivity contribution < 1.29 is 27.9 Å². The second kappa shape index (κ2) is 8.32. The van der Waals surface area contributed by atoms with Crippen LogP contribution in [0.1, 0.15) is 19.1 Å². The topological polar surface area (TPSA) is 90.9 Å². The van der Waals surface area contributed by atoms with Crippen LogP contribution in [-0.4, -0.2) is 25.1 Å². The molecular formula is C23H21NO6. The van der Waals surface area contributed by atoms with Crippen molar-refractivity contribution in [3.05, 3.63) is 60.6 Å². The highest BCUT2D eigenvalue weighted by Gasteiger charge is 2.21. The lowest BCUT2D eigenvalue weighted by atomic mass is 10.1. The van der Waals surface area contributed by atoms with Crippen LogP contribution in [0.5, 0.6) is 5.75 Å². The molecule has 0 unspecified atom stereocenters. The van der Waals surface area contributed by atoms with Gasteiger partial charge < -0.3 is 23.6 Å². The monoisotopic (exact) mass is 407 g/mol. The van der Waals surface area contributed by atoms with Crippen molar-refractivity contribution in [1.29, 1.82) is 0 Å². The second-order valence-corrected chi connectivity index (χ2v) is 6.85. The third-order valence-corrected chi connectivity index (χ3v) is 4.79. The van der Waals surface area contributed by atoms with E-state index in [0.29, 0.717) is 29.2 Å². The Morgan fingerprint density at radius 3 is 2.67 bits per heavy atom. The average molecular weight is 407 g/mol. The van der Waals surface area contributed by atoms with Crippen LogP contribution in [0.2, 0.25) is 0 Å². The van der Waals surface area contributed by atoms with Crippen molar-refractivity contribution in [2.45, 2.75) is 25.9 Å². The van der Waals surface area contributed by atoms with Crippen LogP contribution in [0.4, 0.5) is 5.69 Å². The van der Waals surface area contributed by atoms with Crippen molar-refractivity contribution in [1.82, 2.24) is 0 Å². The van der Waals surface area contributed by atoms with E-state index in [1.54, 1.807) is 24.5 Å². The number of benzene rings is 2. The predicted molar refractivity (Wildman–Crippen MR) is 111 cm³/mol. The van der Waals surface area contributed by atoms with Crippen molar-refractivity contribution in [3.8, 4) is 5.75 Å². The fraction of sp³-hybridized carbons (Fsp3) is 0.217. The Hall–Kier alpha value is -3.74. The number of carbonyl (C=O) groups is 2. The highest BCUT2D eigenvalue weighted by molar-refractivity contribution is 6.08. The van der Waals surface area contributed by atoms with Gasteiger partial charge in [-0.25, -0.2) is 0 Å². The first-order chi connectivity index (χ1) is 14.5. The number of hydrogen-bond acceptors (Lipinski definition) is 6. The summed E-state index contributed by atoms with van der Waals surface area (Å²) in [5.41, 5.74) is 1.81. The van der Waals surface area contributed by atoms with E-state index in [-0.39, 0.29) is 6.42 Å². The van der Waals surface area contributed by atoms with E-state index in [1.165, 1.54) is 14.0 Å². The van der Waals surface area contributed by atoms with E-state index in [0.717, 1.165) is 16.4 Å². The minimum atomic E-state index is -0.967. The van der Waals surface area contributed by atoms with E-state index < -0.39 is 18.0 Å². The Bertz CT molecular complexity index is 1190. The molecule has 0 spiro atoms. The molecule has 0 saturated heterocycles. The number of amides is 1. The molecule has 1 atom stereocenters. The van der Waals surface area contributed by atoms with Crippen LogP contribution in [0, 0.1) is 0 Å². The molecule has 4 aromatic rings. The lowest BCUT2D eigenvalue weighted by Crippen LogP contribution is -2.30. The Kier molecular flexibility index (Phi) is 5.43. The number of carbonyl (C=O) groups excluding carboxylic acids is 2. The molecule has 30 heavy (non-hydrogen) atoms. The zero-order chi connectivity index (χ0) is 21.1. The molecule has 0 aliphatic carbocycles. The molecule has 1 N–H and O–H groups in total. The Balaban J connectivity index is 1.46. The Morgan fingerprint density at radius 1 is 1.07 bits per heavy atom. The van der Waals surface area contributed by atoms with Crippen LogP contribution in [0.3, 0.4) is 0 Å². The standard InChI is InChI=1S/C23H21NO6/c1-14(29-22(25)10-9-15-6-5-11-28-15)23(26)24-18-13-20-17(12-21(18)27-2)16-7-3-4-8-19(16)30-20/h3-8,11-14H,9-10H2,1-2H3,(H,24,26)/t14-/m0/s1. The number of anilines is 1. The van der Waals surface area contributed by atoms with Gasteiger partial charge in [-0.1, -0.05) is 18.2 Å². The van der Waals surface area contributed by atoms with Crippen LogP contribution in [-0.2, 0) is 20.7 Å². The summed E-state index contributed by atoms with van der Waals surface area (Å²) in [4.78, 5) is 24.6. The third kappa shape index (κ3) is 4.00. The molecule has 7 nitrogen and oxygen atoms in total. The number of methoxy groups -OCH3 is 1. The van der Waals surface area contributed by atoms with Crippen LogP contribution < -0.4 is 10.1 Å². The van der Waals surface area contributed by atoms with Gasteiger partial charge in [0.15, 0.2) is 6.10 Å². The second-order valence-electron chi connectivity index (χ2n) is 6.85. The number of hydrogen-bond donors (Lipinski definition) is 1. The Morgan fingerprint density at radius 2 is 1.90 bits per heavy atom. The Labute approximate surface area is 172 Å². The van der Waals surface area contributed by atoms with Crippen molar-refractivity contribution >= 4 is 39.5 Å². The molecule has 0 saturated carbocycles. The number of aryl methyl sites for hydroxylation is 1. The SMILES string of the molecule is COc1cc2c(cc1NC(=O)[C@H](C)OC(=O)CCc1ccco1)oc1ccccc12. The van der Waals surface area contributed by atoms with Gasteiger partial charge in [-0.2, -0.15) is 0 Å². The molecule has 2 aromatic carbocycles. The average Bonchev–Trinajstić information content (AvgIpc) is 3.38. The summed E-state index contributed by atoms with van der Waals surface area (Å²) in [7, 11) is 1.52. The van der Waals surface area contributed by atoms with Crippen molar-refractivity contribution in [2.24, 2.45) is 0 Å². The van der Waals surface area contributed by atoms with E-state index in [1.807, 2.05) is 30.3 Å². The maximum atomic E-state index is 12.6.